The van der Waals surface area contributed by atoms with Gasteiger partial charge in [0.2, 0.25) is 0 Å². The Hall–Kier alpha value is -4.60. The van der Waals surface area contributed by atoms with Crippen LogP contribution in [-0.2, 0) is 13.5 Å². The number of carbonyl (C=O) groups is 1. The molecule has 2 aromatic carbocycles. The van der Waals surface area contributed by atoms with Crippen LogP contribution in [0.5, 0.6) is 0 Å². The predicted molar refractivity (Wildman–Crippen MR) is 155 cm³/mol. The molecule has 0 radical (unpaired) electrons. The number of thiazole rings is 1. The maximum absolute atomic E-state index is 11.3. The van der Waals surface area contributed by atoms with Crippen molar-refractivity contribution in [3.05, 3.63) is 119 Å². The molecule has 39 heavy (non-hydrogen) atoms. The topological polar surface area (TPSA) is 117 Å². The summed E-state index contributed by atoms with van der Waals surface area (Å²) in [6.07, 6.45) is 8.37. The minimum absolute atomic E-state index is 0.0913. The number of nitrogens with two attached hydrogens (primary N) is 2. The Morgan fingerprint density at radius 2 is 1.64 bits per heavy atom. The van der Waals surface area contributed by atoms with E-state index in [1.54, 1.807) is 15.4 Å². The van der Waals surface area contributed by atoms with Crippen LogP contribution in [0.4, 0.5) is 0 Å². The molecule has 4 N–H and O–H groups in total. The summed E-state index contributed by atoms with van der Waals surface area (Å²) in [4.78, 5) is 16.6. The fourth-order valence-corrected chi connectivity index (χ4v) is 5.13. The van der Waals surface area contributed by atoms with Gasteiger partial charge in [0, 0.05) is 47.1 Å². The fraction of sp³-hybridized carbons (Fsp3) is 0.133. The molecule has 9 heteroatoms. The number of primary amides is 1. The Labute approximate surface area is 230 Å². The van der Waals surface area contributed by atoms with Gasteiger partial charge in [0.05, 0.1) is 23.6 Å². The number of hydrogen-bond donors (Lipinski definition) is 2. The van der Waals surface area contributed by atoms with Gasteiger partial charge < -0.3 is 11.5 Å². The number of rotatable bonds is 6. The van der Waals surface area contributed by atoms with Crippen LogP contribution in [0.3, 0.4) is 0 Å². The third-order valence-corrected chi connectivity index (χ3v) is 7.33. The second kappa shape index (κ2) is 11.4. The molecular weight excluding hydrogens is 506 g/mol. The predicted octanol–water partition coefficient (Wildman–Crippen LogP) is 5.19. The molecule has 6 rings (SSSR count). The molecule has 0 aliphatic rings. The first-order chi connectivity index (χ1) is 18.9. The van der Waals surface area contributed by atoms with Crippen LogP contribution in [0, 0.1) is 6.92 Å². The lowest BCUT2D eigenvalue weighted by molar-refractivity contribution is 0.1000. The molecule has 0 saturated carbocycles. The normalized spacial score (nSPS) is 11.7. The SMILES string of the molecule is Cc1sc(C(N)=O)nc1-c1cnn2cc(-c3cnn(C)c3)ccc12.NC(Cc1ccccc1)c1ccccc1. The summed E-state index contributed by atoms with van der Waals surface area (Å²) >= 11 is 1.30. The quantitative estimate of drug-likeness (QED) is 0.304. The van der Waals surface area contributed by atoms with E-state index in [9.17, 15) is 4.79 Å². The third-order valence-electron chi connectivity index (χ3n) is 6.34. The zero-order valence-corrected chi connectivity index (χ0v) is 22.5. The van der Waals surface area contributed by atoms with E-state index in [2.05, 4.69) is 39.4 Å². The molecule has 1 atom stereocenters. The molecule has 1 amide bonds. The smallest absolute Gasteiger partial charge is 0.277 e. The van der Waals surface area contributed by atoms with E-state index in [0.29, 0.717) is 5.01 Å². The van der Waals surface area contributed by atoms with Crippen molar-refractivity contribution >= 4 is 22.8 Å². The summed E-state index contributed by atoms with van der Waals surface area (Å²) in [5.41, 5.74) is 18.5. The molecule has 6 aromatic rings. The number of aryl methyl sites for hydroxylation is 2. The van der Waals surface area contributed by atoms with E-state index in [1.165, 1.54) is 22.5 Å². The summed E-state index contributed by atoms with van der Waals surface area (Å²) < 4.78 is 3.57. The molecule has 0 fully saturated rings. The van der Waals surface area contributed by atoms with Gasteiger partial charge in [-0.05, 0) is 30.5 Å². The van der Waals surface area contributed by atoms with Gasteiger partial charge in [-0.15, -0.1) is 11.3 Å². The molecule has 0 aliphatic carbocycles. The van der Waals surface area contributed by atoms with Gasteiger partial charge in [0.25, 0.3) is 5.91 Å². The van der Waals surface area contributed by atoms with Crippen molar-refractivity contribution in [2.45, 2.75) is 19.4 Å². The van der Waals surface area contributed by atoms with Crippen LogP contribution in [0.2, 0.25) is 0 Å². The molecule has 4 aromatic heterocycles. The number of pyridine rings is 1. The minimum Gasteiger partial charge on any atom is -0.364 e. The lowest BCUT2D eigenvalue weighted by atomic mass is 10.00. The molecule has 8 nitrogen and oxygen atoms in total. The monoisotopic (exact) mass is 535 g/mol. The molecule has 0 aliphatic heterocycles. The Bertz CT molecular complexity index is 1700. The maximum Gasteiger partial charge on any atom is 0.277 e. The van der Waals surface area contributed by atoms with Crippen molar-refractivity contribution in [2.24, 2.45) is 18.5 Å². The number of nitrogens with zero attached hydrogens (tertiary/aromatic N) is 5. The largest absolute Gasteiger partial charge is 0.364 e. The van der Waals surface area contributed by atoms with Gasteiger partial charge in [-0.1, -0.05) is 66.7 Å². The van der Waals surface area contributed by atoms with E-state index in [1.807, 2.05) is 81.1 Å². The lowest BCUT2D eigenvalue weighted by Gasteiger charge is -2.11. The molecule has 196 valence electrons. The number of hydrogen-bond acceptors (Lipinski definition) is 6. The number of benzene rings is 2. The highest BCUT2D eigenvalue weighted by Gasteiger charge is 2.17. The first kappa shape index (κ1) is 26.0. The van der Waals surface area contributed by atoms with Gasteiger partial charge in [0.1, 0.15) is 0 Å². The number of amides is 1. The van der Waals surface area contributed by atoms with Crippen molar-refractivity contribution in [1.82, 2.24) is 24.4 Å². The highest BCUT2D eigenvalue weighted by Crippen LogP contribution is 2.31. The average molecular weight is 536 g/mol. The Morgan fingerprint density at radius 3 is 2.28 bits per heavy atom. The Kier molecular flexibility index (Phi) is 7.62. The molecule has 1 unspecified atom stereocenters. The van der Waals surface area contributed by atoms with Gasteiger partial charge in [-0.3, -0.25) is 9.48 Å². The lowest BCUT2D eigenvalue weighted by Crippen LogP contribution is -2.12. The van der Waals surface area contributed by atoms with Crippen molar-refractivity contribution in [3.63, 3.8) is 0 Å². The van der Waals surface area contributed by atoms with Gasteiger partial charge in [-0.25, -0.2) is 9.50 Å². The number of aromatic nitrogens is 5. The zero-order valence-electron chi connectivity index (χ0n) is 21.7. The second-order valence-corrected chi connectivity index (χ2v) is 10.4. The first-order valence-corrected chi connectivity index (χ1v) is 13.3. The molecule has 0 saturated heterocycles. The van der Waals surface area contributed by atoms with E-state index in [-0.39, 0.29) is 6.04 Å². The van der Waals surface area contributed by atoms with E-state index < -0.39 is 5.91 Å². The van der Waals surface area contributed by atoms with E-state index in [4.69, 9.17) is 11.5 Å². The van der Waals surface area contributed by atoms with Gasteiger partial charge >= 0.3 is 0 Å². The van der Waals surface area contributed by atoms with Crippen molar-refractivity contribution in [1.29, 1.82) is 0 Å². The molecule has 0 bridgehead atoms. The summed E-state index contributed by atoms with van der Waals surface area (Å²) in [5.74, 6) is -0.510. The van der Waals surface area contributed by atoms with Crippen LogP contribution in [-0.4, -0.2) is 30.3 Å². The van der Waals surface area contributed by atoms with E-state index >= 15 is 0 Å². The fourth-order valence-electron chi connectivity index (χ4n) is 4.35. The van der Waals surface area contributed by atoms with Crippen molar-refractivity contribution < 1.29 is 4.79 Å². The Balaban J connectivity index is 0.000000177. The van der Waals surface area contributed by atoms with Crippen LogP contribution < -0.4 is 11.5 Å². The van der Waals surface area contributed by atoms with Crippen molar-refractivity contribution in [2.75, 3.05) is 0 Å². The molecule has 0 spiro atoms. The third kappa shape index (κ3) is 5.95. The average Bonchev–Trinajstić information content (AvgIpc) is 3.68. The molecule has 4 heterocycles. The van der Waals surface area contributed by atoms with E-state index in [0.717, 1.165) is 39.2 Å². The van der Waals surface area contributed by atoms with Gasteiger partial charge in [0.15, 0.2) is 5.01 Å². The summed E-state index contributed by atoms with van der Waals surface area (Å²) in [6, 6.07) is 24.7. The highest BCUT2D eigenvalue weighted by atomic mass is 32.1. The van der Waals surface area contributed by atoms with Crippen LogP contribution in [0.15, 0.2) is 97.6 Å². The maximum atomic E-state index is 11.3. The minimum atomic E-state index is -0.510. The zero-order chi connectivity index (χ0) is 27.4. The number of carbonyl (C=O) groups excluding carboxylic acids is 1. The standard InChI is InChI=1S/C16H14N6OS.C14H15N/c1-9-14(20-16(24-9)15(17)23)12-6-19-22-8-10(3-4-13(12)22)11-5-18-21(2)7-11;15-14(13-9-5-2-6-10-13)11-12-7-3-1-4-8-12/h3-8H,1-2H3,(H2,17,23);1-10,14H,11,15H2. The van der Waals surface area contributed by atoms with Crippen molar-refractivity contribution in [3.8, 4) is 22.4 Å². The van der Waals surface area contributed by atoms with Crippen LogP contribution >= 0.6 is 11.3 Å². The summed E-state index contributed by atoms with van der Waals surface area (Å²) in [5, 5.41) is 8.93. The Morgan fingerprint density at radius 1 is 0.923 bits per heavy atom. The molecular formula is C30H29N7OS. The second-order valence-electron chi connectivity index (χ2n) is 9.20. The number of fused-ring (bicyclic) bond motifs is 1. The summed E-state index contributed by atoms with van der Waals surface area (Å²) in [7, 11) is 1.88. The van der Waals surface area contributed by atoms with Gasteiger partial charge in [-0.2, -0.15) is 10.2 Å². The van der Waals surface area contributed by atoms with Crippen LogP contribution in [0.25, 0.3) is 27.9 Å². The summed E-state index contributed by atoms with van der Waals surface area (Å²) in [6.45, 7) is 1.92. The highest BCUT2D eigenvalue weighted by molar-refractivity contribution is 7.14. The first-order valence-electron chi connectivity index (χ1n) is 12.5. The van der Waals surface area contributed by atoms with Crippen LogP contribution in [0.1, 0.15) is 31.8 Å².